The molecule has 0 aromatic rings. The summed E-state index contributed by atoms with van der Waals surface area (Å²) >= 11 is 0. The van der Waals surface area contributed by atoms with Crippen LogP contribution in [0.25, 0.3) is 0 Å². The minimum Gasteiger partial charge on any atom is -0.394 e. The summed E-state index contributed by atoms with van der Waals surface area (Å²) in [5, 5.41) is 22.7. The third-order valence-electron chi connectivity index (χ3n) is 7.27. The summed E-state index contributed by atoms with van der Waals surface area (Å²) in [7, 11) is 0. The molecule has 0 aromatic carbocycles. The monoisotopic (exact) mass is 509 g/mol. The normalized spacial score (nSPS) is 13.3. The Morgan fingerprint density at radius 2 is 1.03 bits per heavy atom. The number of hydrogen-bond donors (Lipinski definition) is 3. The van der Waals surface area contributed by atoms with Gasteiger partial charge in [-0.25, -0.2) is 0 Å². The number of nitrogens with one attached hydrogen (secondary N) is 1. The Bertz CT molecular complexity index is 480. The van der Waals surface area contributed by atoms with Crippen molar-refractivity contribution in [2.75, 3.05) is 6.61 Å². The van der Waals surface area contributed by atoms with Crippen LogP contribution in [-0.2, 0) is 4.79 Å². The van der Waals surface area contributed by atoms with Gasteiger partial charge in [-0.05, 0) is 19.3 Å². The van der Waals surface area contributed by atoms with E-state index in [0.29, 0.717) is 6.42 Å². The molecule has 4 heteroatoms. The predicted molar refractivity (Wildman–Crippen MR) is 156 cm³/mol. The van der Waals surface area contributed by atoms with E-state index in [1.54, 1.807) is 6.08 Å². The second kappa shape index (κ2) is 28.7. The van der Waals surface area contributed by atoms with Crippen LogP contribution in [0.3, 0.4) is 0 Å². The number of carbonyl (C=O) groups is 1. The van der Waals surface area contributed by atoms with Crippen LogP contribution in [0.2, 0.25) is 0 Å². The lowest BCUT2D eigenvalue weighted by atomic mass is 10.0. The molecular formula is C32H63NO3. The molecule has 1 amide bonds. The lowest BCUT2D eigenvalue weighted by Crippen LogP contribution is -2.45. The van der Waals surface area contributed by atoms with Gasteiger partial charge in [0.15, 0.2) is 0 Å². The van der Waals surface area contributed by atoms with Crippen molar-refractivity contribution in [1.82, 2.24) is 5.32 Å². The quantitative estimate of drug-likeness (QED) is 0.0729. The van der Waals surface area contributed by atoms with Gasteiger partial charge in [0.25, 0.3) is 0 Å². The number of hydrogen-bond acceptors (Lipinski definition) is 3. The van der Waals surface area contributed by atoms with Crippen LogP contribution in [0, 0.1) is 0 Å². The molecule has 4 nitrogen and oxygen atoms in total. The van der Waals surface area contributed by atoms with Gasteiger partial charge in [0.05, 0.1) is 18.8 Å². The van der Waals surface area contributed by atoms with Gasteiger partial charge in [0.2, 0.25) is 5.91 Å². The summed E-state index contributed by atoms with van der Waals surface area (Å²) in [6, 6.07) is -0.612. The lowest BCUT2D eigenvalue weighted by molar-refractivity contribution is -0.123. The molecule has 0 bridgehead atoms. The van der Waals surface area contributed by atoms with E-state index in [-0.39, 0.29) is 12.5 Å². The first-order valence-corrected chi connectivity index (χ1v) is 15.9. The summed E-state index contributed by atoms with van der Waals surface area (Å²) in [6.07, 6.45) is 32.8. The highest BCUT2D eigenvalue weighted by Crippen LogP contribution is 2.13. The summed E-state index contributed by atoms with van der Waals surface area (Å²) in [6.45, 7) is 4.27. The average molecular weight is 510 g/mol. The van der Waals surface area contributed by atoms with E-state index in [2.05, 4.69) is 19.2 Å². The van der Waals surface area contributed by atoms with Gasteiger partial charge in [0, 0.05) is 6.42 Å². The fourth-order valence-electron chi connectivity index (χ4n) is 4.76. The van der Waals surface area contributed by atoms with Crippen LogP contribution in [0.4, 0.5) is 0 Å². The zero-order valence-electron chi connectivity index (χ0n) is 24.3. The van der Waals surface area contributed by atoms with Crippen LogP contribution in [0.5, 0.6) is 0 Å². The highest BCUT2D eigenvalue weighted by Gasteiger charge is 2.17. The first-order chi connectivity index (χ1) is 17.7. The fourth-order valence-corrected chi connectivity index (χ4v) is 4.76. The van der Waals surface area contributed by atoms with Crippen LogP contribution in [-0.4, -0.2) is 34.9 Å². The molecular weight excluding hydrogens is 446 g/mol. The molecule has 0 fully saturated rings. The van der Waals surface area contributed by atoms with Gasteiger partial charge in [-0.1, -0.05) is 154 Å². The van der Waals surface area contributed by atoms with E-state index in [1.165, 1.54) is 122 Å². The number of carbonyl (C=O) groups excluding carboxylic acids is 1. The molecule has 0 saturated heterocycles. The molecule has 0 radical (unpaired) electrons. The van der Waals surface area contributed by atoms with Crippen molar-refractivity contribution >= 4 is 5.91 Å². The maximum atomic E-state index is 12.2. The van der Waals surface area contributed by atoms with E-state index >= 15 is 0 Å². The van der Waals surface area contributed by atoms with Crippen molar-refractivity contribution in [3.05, 3.63) is 12.2 Å². The van der Waals surface area contributed by atoms with Crippen molar-refractivity contribution in [1.29, 1.82) is 0 Å². The van der Waals surface area contributed by atoms with E-state index in [0.717, 1.165) is 25.7 Å². The first kappa shape index (κ1) is 35.1. The molecule has 0 rings (SSSR count). The molecule has 0 aliphatic carbocycles. The maximum absolute atomic E-state index is 12.2. The van der Waals surface area contributed by atoms with Gasteiger partial charge in [-0.3, -0.25) is 4.79 Å². The second-order valence-corrected chi connectivity index (χ2v) is 10.9. The predicted octanol–water partition coefficient (Wildman–Crippen LogP) is 8.78. The van der Waals surface area contributed by atoms with Gasteiger partial charge in [-0.2, -0.15) is 0 Å². The molecule has 0 saturated carbocycles. The van der Waals surface area contributed by atoms with E-state index in [1.807, 2.05) is 6.08 Å². The minimum absolute atomic E-state index is 0.0686. The van der Waals surface area contributed by atoms with E-state index in [9.17, 15) is 15.0 Å². The van der Waals surface area contributed by atoms with Crippen LogP contribution in [0.15, 0.2) is 12.2 Å². The van der Waals surface area contributed by atoms with E-state index < -0.39 is 12.1 Å². The Morgan fingerprint density at radius 1 is 0.639 bits per heavy atom. The molecule has 0 aliphatic rings. The van der Waals surface area contributed by atoms with Crippen molar-refractivity contribution in [3.8, 4) is 0 Å². The molecule has 0 heterocycles. The number of rotatable bonds is 28. The summed E-state index contributed by atoms with van der Waals surface area (Å²) in [5.41, 5.74) is 0. The summed E-state index contributed by atoms with van der Waals surface area (Å²) < 4.78 is 0. The van der Waals surface area contributed by atoms with Crippen molar-refractivity contribution in [2.24, 2.45) is 0 Å². The topological polar surface area (TPSA) is 69.6 Å². The average Bonchev–Trinajstić information content (AvgIpc) is 2.88. The number of unbranched alkanes of at least 4 members (excludes halogenated alkanes) is 21. The molecule has 3 N–H and O–H groups in total. The third kappa shape index (κ3) is 24.8. The Labute approximate surface area is 225 Å². The van der Waals surface area contributed by atoms with Crippen molar-refractivity contribution in [3.63, 3.8) is 0 Å². The number of amides is 1. The third-order valence-corrected chi connectivity index (χ3v) is 7.27. The maximum Gasteiger partial charge on any atom is 0.220 e. The Morgan fingerprint density at radius 3 is 1.44 bits per heavy atom. The Balaban J connectivity index is 3.64. The Hall–Kier alpha value is -0.870. The number of allylic oxidation sites excluding steroid dienone is 1. The molecule has 2 atom stereocenters. The fraction of sp³-hybridized carbons (Fsp3) is 0.906. The molecule has 0 aromatic heterocycles. The van der Waals surface area contributed by atoms with E-state index in [4.69, 9.17) is 0 Å². The smallest absolute Gasteiger partial charge is 0.220 e. The van der Waals surface area contributed by atoms with Gasteiger partial charge in [-0.15, -0.1) is 0 Å². The lowest BCUT2D eigenvalue weighted by Gasteiger charge is -2.20. The van der Waals surface area contributed by atoms with Crippen molar-refractivity contribution in [2.45, 2.75) is 180 Å². The minimum atomic E-state index is -0.830. The van der Waals surface area contributed by atoms with Gasteiger partial charge >= 0.3 is 0 Å². The molecule has 36 heavy (non-hydrogen) atoms. The zero-order valence-corrected chi connectivity index (χ0v) is 24.3. The first-order valence-electron chi connectivity index (χ1n) is 15.9. The highest BCUT2D eigenvalue weighted by molar-refractivity contribution is 5.76. The van der Waals surface area contributed by atoms with Crippen LogP contribution in [0.1, 0.15) is 168 Å². The zero-order chi connectivity index (χ0) is 26.5. The highest BCUT2D eigenvalue weighted by atomic mass is 16.3. The van der Waals surface area contributed by atoms with Crippen LogP contribution >= 0.6 is 0 Å². The second-order valence-electron chi connectivity index (χ2n) is 10.9. The van der Waals surface area contributed by atoms with Crippen molar-refractivity contribution < 1.29 is 15.0 Å². The molecule has 214 valence electrons. The number of aliphatic hydroxyl groups is 2. The standard InChI is InChI=1S/C32H63NO3/c1-3-5-7-9-11-13-14-15-16-17-18-20-21-23-25-27-31(35)30(29-34)33-32(36)28-26-24-22-19-12-10-8-6-4-2/h25,27,30-31,34-35H,3-24,26,28-29H2,1-2H3,(H,33,36)/b27-25+. The molecule has 0 aliphatic heterocycles. The van der Waals surface area contributed by atoms with Crippen LogP contribution < -0.4 is 5.32 Å². The molecule has 0 spiro atoms. The summed E-state index contributed by atoms with van der Waals surface area (Å²) in [4.78, 5) is 12.2. The van der Waals surface area contributed by atoms with Gasteiger partial charge in [0.1, 0.15) is 0 Å². The summed E-state index contributed by atoms with van der Waals surface area (Å²) in [5.74, 6) is -0.0686. The SMILES string of the molecule is CCCCCCCCCCCCCCC/C=C/C(O)C(CO)NC(=O)CCCCCCCCCCC. The molecule has 2 unspecified atom stereocenters. The Kier molecular flexibility index (Phi) is 28.0. The van der Waals surface area contributed by atoms with Gasteiger partial charge < -0.3 is 15.5 Å². The largest absolute Gasteiger partial charge is 0.394 e. The number of aliphatic hydroxyl groups excluding tert-OH is 2.